The number of ketones is 1. The summed E-state index contributed by atoms with van der Waals surface area (Å²) in [5.74, 6) is 2.49. The molecule has 31 heavy (non-hydrogen) atoms. The van der Waals surface area contributed by atoms with Gasteiger partial charge in [0.05, 0.1) is 11.5 Å². The highest BCUT2D eigenvalue weighted by molar-refractivity contribution is 7.14. The van der Waals surface area contributed by atoms with Crippen LogP contribution in [-0.4, -0.2) is 37.3 Å². The van der Waals surface area contributed by atoms with Gasteiger partial charge in [-0.25, -0.2) is 0 Å². The molecule has 4 rings (SSSR count). The molecular formula is C26H34O4S. The first kappa shape index (κ1) is 22.5. The molecule has 0 bridgehead atoms. The monoisotopic (exact) mass is 442 g/mol. The van der Waals surface area contributed by atoms with E-state index in [1.807, 2.05) is 13.8 Å². The number of aliphatic hydroxyl groups is 1. The van der Waals surface area contributed by atoms with Crippen LogP contribution in [0.25, 0.3) is 0 Å². The fraction of sp³-hybridized carbons (Fsp3) is 0.577. The number of carbonyl (C=O) groups excluding carboxylic acids is 1. The summed E-state index contributed by atoms with van der Waals surface area (Å²) in [5, 5.41) is 9.83. The molecule has 168 valence electrons. The van der Waals surface area contributed by atoms with Crippen molar-refractivity contribution in [3.8, 4) is 5.75 Å². The molecule has 0 radical (unpaired) electrons. The Morgan fingerprint density at radius 1 is 1.23 bits per heavy atom. The highest BCUT2D eigenvalue weighted by Crippen LogP contribution is 2.71. The summed E-state index contributed by atoms with van der Waals surface area (Å²) in [4.78, 5) is 15.5. The van der Waals surface area contributed by atoms with Crippen molar-refractivity contribution < 1.29 is 19.4 Å². The summed E-state index contributed by atoms with van der Waals surface area (Å²) >= 11 is 1.71. The first-order valence-electron chi connectivity index (χ1n) is 11.2. The Labute approximate surface area is 189 Å². The quantitative estimate of drug-likeness (QED) is 0.544. The van der Waals surface area contributed by atoms with E-state index < -0.39 is 6.10 Å². The average Bonchev–Trinajstić information content (AvgIpc) is 3.02. The van der Waals surface area contributed by atoms with Crippen LogP contribution < -0.4 is 4.74 Å². The smallest absolute Gasteiger partial charge is 0.173 e. The van der Waals surface area contributed by atoms with Crippen LogP contribution in [-0.2, 0) is 17.6 Å². The van der Waals surface area contributed by atoms with Gasteiger partial charge in [0.2, 0.25) is 0 Å². The molecule has 2 aliphatic carbocycles. The molecule has 4 nitrogen and oxygen atoms in total. The van der Waals surface area contributed by atoms with Gasteiger partial charge in [0.1, 0.15) is 18.5 Å². The molecule has 3 atom stereocenters. The first-order chi connectivity index (χ1) is 14.6. The Morgan fingerprint density at radius 2 is 1.90 bits per heavy atom. The number of carbonyl (C=O) groups is 1. The lowest BCUT2D eigenvalue weighted by molar-refractivity contribution is 0.0322. The average molecular weight is 443 g/mol. The van der Waals surface area contributed by atoms with E-state index in [0.29, 0.717) is 17.8 Å². The number of Topliss-reactive ketones (excluding diaryl/α,β-unsaturated/α-hetero) is 1. The molecule has 1 aromatic carbocycles. The van der Waals surface area contributed by atoms with E-state index in [-0.39, 0.29) is 19.0 Å². The SMILES string of the molecule is COCC(O)COc1c(C)cc(CCC(=O)c2sc(C)c3c2C[C@@H]2[C@H]3C2(C)C)cc1C. The number of hydrogen-bond acceptors (Lipinski definition) is 5. The Hall–Kier alpha value is -1.69. The molecule has 1 N–H and O–H groups in total. The molecule has 0 aliphatic heterocycles. The third-order valence-electron chi connectivity index (χ3n) is 7.21. The lowest BCUT2D eigenvalue weighted by Gasteiger charge is -2.16. The number of benzene rings is 1. The number of hydrogen-bond donors (Lipinski definition) is 1. The van der Waals surface area contributed by atoms with Crippen molar-refractivity contribution in [2.24, 2.45) is 11.3 Å². The number of fused-ring (bicyclic) bond motifs is 3. The molecule has 0 spiro atoms. The Kier molecular flexibility index (Phi) is 6.06. The number of ether oxygens (including phenoxy) is 2. The molecule has 1 fully saturated rings. The van der Waals surface area contributed by atoms with E-state index in [1.165, 1.54) is 16.0 Å². The van der Waals surface area contributed by atoms with E-state index in [0.717, 1.165) is 46.1 Å². The molecule has 1 saturated carbocycles. The maximum Gasteiger partial charge on any atom is 0.173 e. The van der Waals surface area contributed by atoms with E-state index in [4.69, 9.17) is 9.47 Å². The fourth-order valence-electron chi connectivity index (χ4n) is 5.56. The molecule has 0 saturated heterocycles. The normalized spacial score (nSPS) is 21.5. The van der Waals surface area contributed by atoms with E-state index in [9.17, 15) is 9.90 Å². The standard InChI is InChI=1S/C26H34O4S/c1-14-9-17(10-15(2)24(14)30-13-18(27)12-29-6)7-8-21(28)25-19-11-20-23(26(20,4)5)22(19)16(3)31-25/h9-10,18,20,23,27H,7-8,11-13H2,1-6H3/t18?,20-,23-/m1/s1. The van der Waals surface area contributed by atoms with Gasteiger partial charge >= 0.3 is 0 Å². The summed E-state index contributed by atoms with van der Waals surface area (Å²) in [6.07, 6.45) is 1.71. The van der Waals surface area contributed by atoms with Gasteiger partial charge in [-0.3, -0.25) is 4.79 Å². The van der Waals surface area contributed by atoms with E-state index in [1.54, 1.807) is 18.4 Å². The Balaban J connectivity index is 1.41. The number of rotatable bonds is 9. The number of methoxy groups -OCH3 is 1. The van der Waals surface area contributed by atoms with Crippen molar-refractivity contribution >= 4 is 17.1 Å². The zero-order valence-electron chi connectivity index (χ0n) is 19.5. The zero-order valence-corrected chi connectivity index (χ0v) is 20.3. The molecule has 0 amide bonds. The van der Waals surface area contributed by atoms with Crippen LogP contribution in [0.1, 0.15) is 68.6 Å². The number of aliphatic hydroxyl groups excluding tert-OH is 1. The second kappa shape index (κ2) is 8.34. The largest absolute Gasteiger partial charge is 0.490 e. The third kappa shape index (κ3) is 4.08. The van der Waals surface area contributed by atoms with Crippen molar-refractivity contribution in [3.63, 3.8) is 0 Å². The predicted molar refractivity (Wildman–Crippen MR) is 125 cm³/mol. The van der Waals surface area contributed by atoms with Crippen LogP contribution in [0.2, 0.25) is 0 Å². The summed E-state index contributed by atoms with van der Waals surface area (Å²) in [5.41, 5.74) is 6.48. The molecule has 1 unspecified atom stereocenters. The van der Waals surface area contributed by atoms with Crippen LogP contribution in [0.3, 0.4) is 0 Å². The Bertz CT molecular complexity index is 980. The molecule has 2 aromatic rings. The molecule has 1 heterocycles. The van der Waals surface area contributed by atoms with Gasteiger partial charge < -0.3 is 14.6 Å². The molecule has 5 heteroatoms. The van der Waals surface area contributed by atoms with Gasteiger partial charge in [0.15, 0.2) is 5.78 Å². The lowest BCUT2D eigenvalue weighted by Crippen LogP contribution is -2.23. The molecule has 1 aromatic heterocycles. The minimum atomic E-state index is -0.645. The zero-order chi connectivity index (χ0) is 22.5. The maximum absolute atomic E-state index is 13.1. The van der Waals surface area contributed by atoms with Gasteiger partial charge in [0.25, 0.3) is 0 Å². The number of aryl methyl sites for hydroxylation is 4. The van der Waals surface area contributed by atoms with Crippen LogP contribution >= 0.6 is 11.3 Å². The lowest BCUT2D eigenvalue weighted by atomic mass is 9.93. The van der Waals surface area contributed by atoms with Crippen molar-refractivity contribution in [2.75, 3.05) is 20.3 Å². The second-order valence-corrected chi connectivity index (χ2v) is 11.1. The molecular weight excluding hydrogens is 408 g/mol. The van der Waals surface area contributed by atoms with Gasteiger partial charge in [-0.05, 0) is 78.7 Å². The summed E-state index contributed by atoms with van der Waals surface area (Å²) in [7, 11) is 1.56. The first-order valence-corrected chi connectivity index (χ1v) is 12.0. The van der Waals surface area contributed by atoms with Crippen LogP contribution in [0.5, 0.6) is 5.75 Å². The minimum Gasteiger partial charge on any atom is -0.490 e. The summed E-state index contributed by atoms with van der Waals surface area (Å²) < 4.78 is 10.8. The van der Waals surface area contributed by atoms with Crippen molar-refractivity contribution in [3.05, 3.63) is 49.7 Å². The Morgan fingerprint density at radius 3 is 2.55 bits per heavy atom. The highest BCUT2D eigenvalue weighted by Gasteiger charge is 2.63. The van der Waals surface area contributed by atoms with Gasteiger partial charge in [-0.2, -0.15) is 0 Å². The third-order valence-corrected chi connectivity index (χ3v) is 8.42. The van der Waals surface area contributed by atoms with Gasteiger partial charge in [-0.1, -0.05) is 26.0 Å². The summed E-state index contributed by atoms with van der Waals surface area (Å²) in [6, 6.07) is 4.19. The van der Waals surface area contributed by atoms with Crippen LogP contribution in [0.15, 0.2) is 12.1 Å². The van der Waals surface area contributed by atoms with E-state index in [2.05, 4.69) is 32.9 Å². The topological polar surface area (TPSA) is 55.8 Å². The van der Waals surface area contributed by atoms with Crippen molar-refractivity contribution in [2.45, 2.75) is 65.9 Å². The van der Waals surface area contributed by atoms with Gasteiger partial charge in [-0.15, -0.1) is 11.3 Å². The summed E-state index contributed by atoms with van der Waals surface area (Å²) in [6.45, 7) is 11.4. The maximum atomic E-state index is 13.1. The highest BCUT2D eigenvalue weighted by atomic mass is 32.1. The number of thiophene rings is 1. The second-order valence-electron chi connectivity index (χ2n) is 9.89. The fourth-order valence-corrected chi connectivity index (χ4v) is 6.76. The van der Waals surface area contributed by atoms with Crippen molar-refractivity contribution in [1.29, 1.82) is 0 Å². The van der Waals surface area contributed by atoms with Crippen molar-refractivity contribution in [1.82, 2.24) is 0 Å². The van der Waals surface area contributed by atoms with E-state index >= 15 is 0 Å². The van der Waals surface area contributed by atoms with Gasteiger partial charge in [0, 0.05) is 18.4 Å². The van der Waals surface area contributed by atoms with Crippen LogP contribution in [0.4, 0.5) is 0 Å². The predicted octanol–water partition coefficient (Wildman–Crippen LogP) is 5.17. The van der Waals surface area contributed by atoms with Crippen LogP contribution in [0, 0.1) is 32.1 Å². The minimum absolute atomic E-state index is 0.203. The molecule has 2 aliphatic rings.